The molecule has 0 aromatic heterocycles. The summed E-state index contributed by atoms with van der Waals surface area (Å²) in [7, 11) is 0. The fourth-order valence-electron chi connectivity index (χ4n) is 2.41. The fourth-order valence-corrected chi connectivity index (χ4v) is 2.67. The largest absolute Gasteiger partial charge is 0.508 e. The number of phenolic OH excluding ortho intramolecular Hbond substituents is 2. The van der Waals surface area contributed by atoms with Crippen LogP contribution in [0.1, 0.15) is 34.8 Å². The van der Waals surface area contributed by atoms with Gasteiger partial charge in [0.1, 0.15) is 11.5 Å². The summed E-state index contributed by atoms with van der Waals surface area (Å²) in [5.41, 5.74) is 6.11. The Morgan fingerprint density at radius 3 is 2.56 bits per heavy atom. The summed E-state index contributed by atoms with van der Waals surface area (Å²) in [5.74, 6) is -0.970. The van der Waals surface area contributed by atoms with E-state index < -0.39 is 11.8 Å². The average molecular weight is 363 g/mol. The highest BCUT2D eigenvalue weighted by molar-refractivity contribution is 6.33. The van der Waals surface area contributed by atoms with Gasteiger partial charge < -0.3 is 10.2 Å². The molecule has 0 bridgehead atoms. The Balaban J connectivity index is 2.02. The number of amides is 2. The molecule has 0 radical (unpaired) electrons. The molecule has 25 heavy (non-hydrogen) atoms. The molecule has 0 aliphatic carbocycles. The van der Waals surface area contributed by atoms with Gasteiger partial charge in [-0.2, -0.15) is 0 Å². The van der Waals surface area contributed by atoms with E-state index in [0.717, 1.165) is 6.42 Å². The molecule has 2 amide bonds. The molecule has 4 N–H and O–H groups in total. The van der Waals surface area contributed by atoms with Crippen molar-refractivity contribution < 1.29 is 19.8 Å². The number of hydrogen-bond donors (Lipinski definition) is 4. The third kappa shape index (κ3) is 4.87. The first-order chi connectivity index (χ1) is 11.9. The topological polar surface area (TPSA) is 98.7 Å². The van der Waals surface area contributed by atoms with Crippen molar-refractivity contribution >= 4 is 23.4 Å². The Hall–Kier alpha value is -2.73. The summed E-state index contributed by atoms with van der Waals surface area (Å²) in [6.45, 7) is 1.93. The number of hydrazine groups is 1. The van der Waals surface area contributed by atoms with E-state index in [1.165, 1.54) is 24.3 Å². The van der Waals surface area contributed by atoms with Crippen molar-refractivity contribution in [2.75, 3.05) is 0 Å². The molecule has 2 rings (SSSR count). The van der Waals surface area contributed by atoms with Gasteiger partial charge in [0.2, 0.25) is 5.91 Å². The van der Waals surface area contributed by atoms with Gasteiger partial charge in [-0.15, -0.1) is 0 Å². The predicted molar refractivity (Wildman–Crippen MR) is 94.5 cm³/mol. The molecular formula is C18H19ClN2O4. The van der Waals surface area contributed by atoms with Crippen LogP contribution in [0.2, 0.25) is 5.02 Å². The molecule has 132 valence electrons. The molecule has 0 heterocycles. The number of halogens is 1. The molecular weight excluding hydrogens is 344 g/mol. The third-order valence-corrected chi connectivity index (χ3v) is 3.98. The van der Waals surface area contributed by atoms with Crippen LogP contribution in [-0.2, 0) is 17.6 Å². The van der Waals surface area contributed by atoms with Gasteiger partial charge in [0, 0.05) is 5.56 Å². The van der Waals surface area contributed by atoms with Gasteiger partial charge in [0.15, 0.2) is 0 Å². The van der Waals surface area contributed by atoms with Crippen molar-refractivity contribution in [2.24, 2.45) is 0 Å². The van der Waals surface area contributed by atoms with E-state index in [1.54, 1.807) is 12.1 Å². The van der Waals surface area contributed by atoms with Crippen molar-refractivity contribution in [1.82, 2.24) is 10.9 Å². The average Bonchev–Trinajstić information content (AvgIpc) is 2.57. The number of hydrogen-bond acceptors (Lipinski definition) is 4. The first-order valence-corrected chi connectivity index (χ1v) is 8.17. The summed E-state index contributed by atoms with van der Waals surface area (Å²) >= 11 is 6.07. The van der Waals surface area contributed by atoms with Gasteiger partial charge in [0.25, 0.3) is 5.91 Å². The van der Waals surface area contributed by atoms with Gasteiger partial charge >= 0.3 is 0 Å². The molecule has 0 aliphatic heterocycles. The highest BCUT2D eigenvalue weighted by Gasteiger charge is 2.17. The van der Waals surface area contributed by atoms with E-state index in [0.29, 0.717) is 23.1 Å². The maximum Gasteiger partial charge on any atom is 0.270 e. The lowest BCUT2D eigenvalue weighted by atomic mass is 10.0. The molecule has 6 nitrogen and oxygen atoms in total. The molecule has 0 unspecified atom stereocenters. The number of nitrogens with one attached hydrogen (secondary N) is 2. The second kappa shape index (κ2) is 8.39. The van der Waals surface area contributed by atoms with Crippen molar-refractivity contribution in [3.63, 3.8) is 0 Å². The lowest BCUT2D eigenvalue weighted by Gasteiger charge is -2.13. The van der Waals surface area contributed by atoms with Crippen LogP contribution in [0.5, 0.6) is 11.5 Å². The number of aromatic hydroxyl groups is 2. The zero-order valence-corrected chi connectivity index (χ0v) is 14.4. The van der Waals surface area contributed by atoms with Crippen LogP contribution in [0.25, 0.3) is 0 Å². The van der Waals surface area contributed by atoms with Gasteiger partial charge in [-0.25, -0.2) is 0 Å². The number of phenols is 2. The van der Waals surface area contributed by atoms with E-state index >= 15 is 0 Å². The molecule has 2 aromatic carbocycles. The predicted octanol–water partition coefficient (Wildman–Crippen LogP) is 2.71. The van der Waals surface area contributed by atoms with E-state index in [4.69, 9.17) is 11.6 Å². The lowest BCUT2D eigenvalue weighted by Crippen LogP contribution is -2.42. The minimum absolute atomic E-state index is 0.00678. The zero-order valence-electron chi connectivity index (χ0n) is 13.7. The first-order valence-electron chi connectivity index (χ1n) is 7.79. The van der Waals surface area contributed by atoms with Gasteiger partial charge in [-0.1, -0.05) is 37.1 Å². The Bertz CT molecular complexity index is 793. The zero-order chi connectivity index (χ0) is 18.4. The van der Waals surface area contributed by atoms with E-state index in [9.17, 15) is 19.8 Å². The Morgan fingerprint density at radius 2 is 1.88 bits per heavy atom. The fraction of sp³-hybridized carbons (Fsp3) is 0.222. The minimum Gasteiger partial charge on any atom is -0.508 e. The highest BCUT2D eigenvalue weighted by Crippen LogP contribution is 2.30. The Labute approximate surface area is 150 Å². The van der Waals surface area contributed by atoms with Gasteiger partial charge in [-0.3, -0.25) is 20.4 Å². The van der Waals surface area contributed by atoms with E-state index in [-0.39, 0.29) is 22.9 Å². The van der Waals surface area contributed by atoms with Crippen LogP contribution in [-0.4, -0.2) is 22.0 Å². The maximum absolute atomic E-state index is 12.3. The van der Waals surface area contributed by atoms with Crippen LogP contribution in [0, 0.1) is 0 Å². The second-order valence-electron chi connectivity index (χ2n) is 5.52. The van der Waals surface area contributed by atoms with Crippen LogP contribution >= 0.6 is 11.6 Å². The second-order valence-corrected chi connectivity index (χ2v) is 5.90. The summed E-state index contributed by atoms with van der Waals surface area (Å²) in [6, 6.07) is 9.10. The summed E-state index contributed by atoms with van der Waals surface area (Å²) < 4.78 is 0. The quantitative estimate of drug-likeness (QED) is 0.614. The van der Waals surface area contributed by atoms with Gasteiger partial charge in [0.05, 0.1) is 11.4 Å². The number of carbonyl (C=O) groups is 2. The maximum atomic E-state index is 12.3. The molecule has 0 spiro atoms. The SMILES string of the molecule is CCCc1c(C(=O)NNC(=O)Cc2cccc(O)c2)ccc(O)c1Cl. The molecule has 0 aliphatic rings. The molecule has 0 saturated heterocycles. The van der Waals surface area contributed by atoms with Crippen molar-refractivity contribution in [3.05, 3.63) is 58.1 Å². The standard InChI is InChI=1S/C18H19ClN2O4/c1-2-4-13-14(7-8-15(23)17(13)19)18(25)21-20-16(24)10-11-5-3-6-12(22)9-11/h3,5-9,22-23H,2,4,10H2,1H3,(H,20,24)(H,21,25). The normalized spacial score (nSPS) is 10.3. The summed E-state index contributed by atoms with van der Waals surface area (Å²) in [5, 5.41) is 19.2. The van der Waals surface area contributed by atoms with Crippen molar-refractivity contribution in [2.45, 2.75) is 26.2 Å². The molecule has 7 heteroatoms. The number of carbonyl (C=O) groups excluding carboxylic acids is 2. The number of rotatable bonds is 5. The van der Waals surface area contributed by atoms with E-state index in [2.05, 4.69) is 10.9 Å². The summed E-state index contributed by atoms with van der Waals surface area (Å²) in [4.78, 5) is 24.2. The minimum atomic E-state index is -0.519. The summed E-state index contributed by atoms with van der Waals surface area (Å²) in [6.07, 6.45) is 1.27. The van der Waals surface area contributed by atoms with Crippen LogP contribution in [0.15, 0.2) is 36.4 Å². The van der Waals surface area contributed by atoms with Crippen molar-refractivity contribution in [1.29, 1.82) is 0 Å². The van der Waals surface area contributed by atoms with E-state index in [1.807, 2.05) is 6.92 Å². The number of benzene rings is 2. The van der Waals surface area contributed by atoms with Crippen LogP contribution in [0.3, 0.4) is 0 Å². The van der Waals surface area contributed by atoms with Crippen LogP contribution < -0.4 is 10.9 Å². The molecule has 0 fully saturated rings. The smallest absolute Gasteiger partial charge is 0.270 e. The molecule has 2 aromatic rings. The molecule has 0 atom stereocenters. The Kier molecular flexibility index (Phi) is 6.25. The third-order valence-electron chi connectivity index (χ3n) is 3.56. The Morgan fingerprint density at radius 1 is 1.12 bits per heavy atom. The van der Waals surface area contributed by atoms with Crippen molar-refractivity contribution in [3.8, 4) is 11.5 Å². The molecule has 0 saturated carbocycles. The first kappa shape index (κ1) is 18.6. The van der Waals surface area contributed by atoms with Gasteiger partial charge in [-0.05, 0) is 41.8 Å². The monoisotopic (exact) mass is 362 g/mol. The highest BCUT2D eigenvalue weighted by atomic mass is 35.5. The lowest BCUT2D eigenvalue weighted by molar-refractivity contribution is -0.121. The van der Waals surface area contributed by atoms with Crippen LogP contribution in [0.4, 0.5) is 0 Å².